The van der Waals surface area contributed by atoms with Gasteiger partial charge in [-0.1, -0.05) is 44.2 Å². The number of carbonyl (C=O) groups is 1. The lowest BCUT2D eigenvalue weighted by atomic mass is 9.92. The molecule has 3 N–H and O–H groups in total. The van der Waals surface area contributed by atoms with Crippen LogP contribution < -0.4 is 5.32 Å². The van der Waals surface area contributed by atoms with Crippen LogP contribution in [0.25, 0.3) is 0 Å². The van der Waals surface area contributed by atoms with Crippen LogP contribution in [0.5, 0.6) is 0 Å². The van der Waals surface area contributed by atoms with E-state index in [1.54, 1.807) is 0 Å². The summed E-state index contributed by atoms with van der Waals surface area (Å²) in [6.07, 6.45) is 0.281. The number of carboxylic acids is 1. The molecule has 0 saturated heterocycles. The molecule has 1 rings (SSSR count). The van der Waals surface area contributed by atoms with E-state index in [0.717, 1.165) is 5.56 Å². The molecule has 1 atom stereocenters. The smallest absolute Gasteiger partial charge is 0.323 e. The van der Waals surface area contributed by atoms with Crippen LogP contribution in [0.3, 0.4) is 0 Å². The molecule has 1 unspecified atom stereocenters. The van der Waals surface area contributed by atoms with E-state index < -0.39 is 17.6 Å². The monoisotopic (exact) mass is 251 g/mol. The van der Waals surface area contributed by atoms with Crippen molar-refractivity contribution in [1.29, 1.82) is 0 Å². The van der Waals surface area contributed by atoms with Crippen molar-refractivity contribution in [3.05, 3.63) is 35.9 Å². The van der Waals surface area contributed by atoms with Gasteiger partial charge < -0.3 is 10.2 Å². The summed E-state index contributed by atoms with van der Waals surface area (Å²) in [6, 6.07) is 9.23. The van der Waals surface area contributed by atoms with Crippen molar-refractivity contribution >= 4 is 5.97 Å². The average molecular weight is 251 g/mol. The summed E-state index contributed by atoms with van der Waals surface area (Å²) in [6.45, 7) is 3.90. The highest BCUT2D eigenvalue weighted by molar-refractivity contribution is 5.78. The van der Waals surface area contributed by atoms with Crippen molar-refractivity contribution in [2.24, 2.45) is 0 Å². The molecule has 100 valence electrons. The van der Waals surface area contributed by atoms with Gasteiger partial charge in [0.05, 0.1) is 6.10 Å². The van der Waals surface area contributed by atoms with Gasteiger partial charge >= 0.3 is 5.97 Å². The summed E-state index contributed by atoms with van der Waals surface area (Å²) in [4.78, 5) is 11.3. The number of rotatable bonds is 7. The van der Waals surface area contributed by atoms with Gasteiger partial charge in [0.25, 0.3) is 0 Å². The first-order valence-corrected chi connectivity index (χ1v) is 6.27. The number of benzene rings is 1. The minimum absolute atomic E-state index is 0.234. The van der Waals surface area contributed by atoms with Gasteiger partial charge in [-0.2, -0.15) is 0 Å². The van der Waals surface area contributed by atoms with Crippen LogP contribution in [0.15, 0.2) is 30.3 Å². The van der Waals surface area contributed by atoms with Crippen LogP contribution in [-0.2, 0) is 4.79 Å². The van der Waals surface area contributed by atoms with E-state index in [9.17, 15) is 15.0 Å². The molecule has 0 spiro atoms. The Kier molecular flexibility index (Phi) is 5.31. The normalized spacial score (nSPS) is 13.3. The van der Waals surface area contributed by atoms with Gasteiger partial charge in [-0.05, 0) is 18.4 Å². The van der Waals surface area contributed by atoms with Gasteiger partial charge in [0, 0.05) is 6.54 Å². The quantitative estimate of drug-likeness (QED) is 0.693. The molecule has 4 nitrogen and oxygen atoms in total. The third-order valence-corrected chi connectivity index (χ3v) is 3.43. The van der Waals surface area contributed by atoms with Crippen molar-refractivity contribution in [3.63, 3.8) is 0 Å². The van der Waals surface area contributed by atoms with Gasteiger partial charge in [0.2, 0.25) is 0 Å². The summed E-state index contributed by atoms with van der Waals surface area (Å²) < 4.78 is 0. The standard InChI is InChI=1S/C14H21NO3/c1-3-14(4-2,13(17)18)15-10-12(16)11-8-6-5-7-9-11/h5-9,12,15-16H,3-4,10H2,1-2H3,(H,17,18). The lowest BCUT2D eigenvalue weighted by molar-refractivity contribution is -0.145. The molecule has 0 saturated carbocycles. The molecule has 0 aliphatic carbocycles. The third-order valence-electron chi connectivity index (χ3n) is 3.43. The zero-order valence-corrected chi connectivity index (χ0v) is 10.9. The first-order chi connectivity index (χ1) is 8.55. The fraction of sp³-hybridized carbons (Fsp3) is 0.500. The molecule has 0 aliphatic heterocycles. The first-order valence-electron chi connectivity index (χ1n) is 6.27. The topological polar surface area (TPSA) is 69.6 Å². The lowest BCUT2D eigenvalue weighted by Gasteiger charge is -2.29. The molecular weight excluding hydrogens is 230 g/mol. The van der Waals surface area contributed by atoms with E-state index in [4.69, 9.17) is 0 Å². The van der Waals surface area contributed by atoms with E-state index in [0.29, 0.717) is 12.8 Å². The number of aliphatic hydroxyl groups excluding tert-OH is 1. The Morgan fingerprint density at radius 3 is 2.28 bits per heavy atom. The molecule has 0 amide bonds. The fourth-order valence-electron chi connectivity index (χ4n) is 1.96. The maximum Gasteiger partial charge on any atom is 0.323 e. The largest absolute Gasteiger partial charge is 0.480 e. The maximum absolute atomic E-state index is 11.3. The number of aliphatic carboxylic acids is 1. The molecule has 0 aromatic heterocycles. The van der Waals surface area contributed by atoms with E-state index >= 15 is 0 Å². The Morgan fingerprint density at radius 2 is 1.83 bits per heavy atom. The van der Waals surface area contributed by atoms with Crippen molar-refractivity contribution < 1.29 is 15.0 Å². The van der Waals surface area contributed by atoms with Crippen molar-refractivity contribution in [3.8, 4) is 0 Å². The Balaban J connectivity index is 2.66. The summed E-state index contributed by atoms with van der Waals surface area (Å²) in [7, 11) is 0. The zero-order chi connectivity index (χ0) is 13.6. The van der Waals surface area contributed by atoms with Crippen LogP contribution in [0.1, 0.15) is 38.4 Å². The molecule has 0 aliphatic rings. The number of nitrogens with one attached hydrogen (secondary N) is 1. The van der Waals surface area contributed by atoms with Gasteiger partial charge in [0.15, 0.2) is 0 Å². The molecule has 0 radical (unpaired) electrons. The van der Waals surface area contributed by atoms with E-state index in [2.05, 4.69) is 5.32 Å². The Hall–Kier alpha value is -1.39. The van der Waals surface area contributed by atoms with Crippen molar-refractivity contribution in [2.45, 2.75) is 38.3 Å². The second-order valence-electron chi connectivity index (χ2n) is 4.40. The number of β-amino-alcohol motifs (C(OH)–C–C–N with tert-alkyl or cyclic N) is 1. The number of hydrogen-bond acceptors (Lipinski definition) is 3. The minimum Gasteiger partial charge on any atom is -0.480 e. The first kappa shape index (κ1) is 14.7. The Bertz CT molecular complexity index is 374. The molecule has 18 heavy (non-hydrogen) atoms. The van der Waals surface area contributed by atoms with E-state index in [-0.39, 0.29) is 6.54 Å². The van der Waals surface area contributed by atoms with Gasteiger partial charge in [-0.15, -0.1) is 0 Å². The van der Waals surface area contributed by atoms with Crippen LogP contribution in [-0.4, -0.2) is 28.3 Å². The van der Waals surface area contributed by atoms with E-state index in [1.807, 2.05) is 44.2 Å². The van der Waals surface area contributed by atoms with Gasteiger partial charge in [-0.3, -0.25) is 10.1 Å². The highest BCUT2D eigenvalue weighted by atomic mass is 16.4. The van der Waals surface area contributed by atoms with Crippen molar-refractivity contribution in [2.75, 3.05) is 6.54 Å². The molecule has 0 fully saturated rings. The SMILES string of the molecule is CCC(CC)(NCC(O)c1ccccc1)C(=O)O. The second kappa shape index (κ2) is 6.52. The molecule has 0 heterocycles. The Labute approximate surface area is 108 Å². The van der Waals surface area contributed by atoms with Crippen LogP contribution in [0.4, 0.5) is 0 Å². The maximum atomic E-state index is 11.3. The highest BCUT2D eigenvalue weighted by Crippen LogP contribution is 2.18. The summed E-state index contributed by atoms with van der Waals surface area (Å²) in [5.41, 5.74) is -0.160. The van der Waals surface area contributed by atoms with Crippen LogP contribution in [0, 0.1) is 0 Å². The van der Waals surface area contributed by atoms with Gasteiger partial charge in [0.1, 0.15) is 5.54 Å². The molecule has 4 heteroatoms. The molecule has 1 aromatic carbocycles. The minimum atomic E-state index is -0.949. The summed E-state index contributed by atoms with van der Waals surface area (Å²) in [5, 5.41) is 22.2. The summed E-state index contributed by atoms with van der Waals surface area (Å²) in [5.74, 6) is -0.868. The number of aliphatic hydroxyl groups is 1. The second-order valence-corrected chi connectivity index (χ2v) is 4.40. The van der Waals surface area contributed by atoms with Crippen LogP contribution in [0.2, 0.25) is 0 Å². The lowest BCUT2D eigenvalue weighted by Crippen LogP contribution is -2.52. The molecule has 1 aromatic rings. The highest BCUT2D eigenvalue weighted by Gasteiger charge is 2.34. The van der Waals surface area contributed by atoms with Crippen molar-refractivity contribution in [1.82, 2.24) is 5.32 Å². The summed E-state index contributed by atoms with van der Waals surface area (Å²) >= 11 is 0. The predicted octanol–water partition coefficient (Wildman–Crippen LogP) is 1.95. The Morgan fingerprint density at radius 1 is 1.28 bits per heavy atom. The number of carboxylic acid groups (broad SMARTS) is 1. The molecule has 0 bridgehead atoms. The molecular formula is C14H21NO3. The van der Waals surface area contributed by atoms with E-state index in [1.165, 1.54) is 0 Å². The zero-order valence-electron chi connectivity index (χ0n) is 10.9. The fourth-order valence-corrected chi connectivity index (χ4v) is 1.96. The third kappa shape index (κ3) is 3.31. The van der Waals surface area contributed by atoms with Gasteiger partial charge in [-0.25, -0.2) is 0 Å². The van der Waals surface area contributed by atoms with Crippen LogP contribution >= 0.6 is 0 Å². The average Bonchev–Trinajstić information content (AvgIpc) is 2.41. The predicted molar refractivity (Wildman–Crippen MR) is 70.4 cm³/mol. The number of hydrogen-bond donors (Lipinski definition) is 3.